The highest BCUT2D eigenvalue weighted by atomic mass is 16.5. The maximum atomic E-state index is 11.2. The summed E-state index contributed by atoms with van der Waals surface area (Å²) < 4.78 is 5.89. The monoisotopic (exact) mass is 250 g/mol. The zero-order valence-corrected chi connectivity index (χ0v) is 10.4. The van der Waals surface area contributed by atoms with Gasteiger partial charge in [0.1, 0.15) is 16.9 Å². The highest BCUT2D eigenvalue weighted by Crippen LogP contribution is 2.28. The Kier molecular flexibility index (Phi) is 3.43. The number of hydrogen-bond acceptors (Lipinski definition) is 4. The predicted octanol–water partition coefficient (Wildman–Crippen LogP) is 1.49. The third-order valence-corrected chi connectivity index (χ3v) is 3.15. The van der Waals surface area contributed by atoms with Crippen LogP contribution in [-0.4, -0.2) is 29.8 Å². The summed E-state index contributed by atoms with van der Waals surface area (Å²) in [5, 5.41) is 12.4. The van der Waals surface area contributed by atoms with Gasteiger partial charge in [-0.3, -0.25) is 0 Å². The Balaban J connectivity index is 2.25. The van der Waals surface area contributed by atoms with Crippen LogP contribution in [0, 0.1) is 0 Å². The number of nitrogens with one attached hydrogen (secondary N) is 1. The second kappa shape index (κ2) is 4.86. The van der Waals surface area contributed by atoms with Crippen molar-refractivity contribution in [2.45, 2.75) is 25.4 Å². The Morgan fingerprint density at radius 2 is 2.33 bits per heavy atom. The fourth-order valence-electron chi connectivity index (χ4n) is 2.18. The summed E-state index contributed by atoms with van der Waals surface area (Å²) >= 11 is 0. The summed E-state index contributed by atoms with van der Waals surface area (Å²) in [6.07, 6.45) is 1.93. The van der Waals surface area contributed by atoms with E-state index in [0.29, 0.717) is 11.4 Å². The van der Waals surface area contributed by atoms with Gasteiger partial charge in [0.05, 0.1) is 0 Å². The minimum Gasteiger partial charge on any atom is -0.485 e. The maximum Gasteiger partial charge on any atom is 0.339 e. The molecular weight excluding hydrogens is 232 g/mol. The van der Waals surface area contributed by atoms with Crippen LogP contribution in [0.1, 0.15) is 30.1 Å². The molecule has 18 heavy (non-hydrogen) atoms. The first-order valence-corrected chi connectivity index (χ1v) is 6.03. The number of carbonyl (C=O) groups is 1. The van der Waals surface area contributed by atoms with E-state index in [1.54, 1.807) is 12.1 Å². The van der Waals surface area contributed by atoms with Crippen LogP contribution >= 0.6 is 0 Å². The van der Waals surface area contributed by atoms with E-state index in [0.717, 1.165) is 25.9 Å². The number of carboxylic acid groups (broad SMARTS) is 1. The first-order chi connectivity index (χ1) is 8.50. The van der Waals surface area contributed by atoms with Gasteiger partial charge in [0.2, 0.25) is 0 Å². The van der Waals surface area contributed by atoms with Crippen LogP contribution in [0.4, 0.5) is 5.69 Å². The molecule has 0 spiro atoms. The van der Waals surface area contributed by atoms with Crippen molar-refractivity contribution in [3.8, 4) is 5.75 Å². The third-order valence-electron chi connectivity index (χ3n) is 3.15. The van der Waals surface area contributed by atoms with Gasteiger partial charge in [-0.05, 0) is 44.5 Å². The van der Waals surface area contributed by atoms with Crippen LogP contribution in [0.25, 0.3) is 0 Å². The van der Waals surface area contributed by atoms with E-state index in [2.05, 4.69) is 5.32 Å². The molecule has 1 aliphatic rings. The Morgan fingerprint density at radius 3 is 2.94 bits per heavy atom. The smallest absolute Gasteiger partial charge is 0.339 e. The lowest BCUT2D eigenvalue weighted by atomic mass is 9.96. The average molecular weight is 250 g/mol. The number of hydrogen-bond donors (Lipinski definition) is 3. The van der Waals surface area contributed by atoms with Gasteiger partial charge in [-0.25, -0.2) is 4.79 Å². The summed E-state index contributed by atoms with van der Waals surface area (Å²) in [6.45, 7) is 3.68. The number of aromatic carboxylic acids is 1. The lowest BCUT2D eigenvalue weighted by molar-refractivity contribution is 0.0555. The van der Waals surface area contributed by atoms with Gasteiger partial charge >= 0.3 is 5.97 Å². The van der Waals surface area contributed by atoms with Gasteiger partial charge in [0, 0.05) is 12.2 Å². The highest BCUT2D eigenvalue weighted by Gasteiger charge is 2.30. The van der Waals surface area contributed by atoms with E-state index in [4.69, 9.17) is 15.6 Å². The molecule has 0 radical (unpaired) electrons. The molecule has 5 heteroatoms. The second-order valence-corrected chi connectivity index (χ2v) is 4.89. The summed E-state index contributed by atoms with van der Waals surface area (Å²) in [4.78, 5) is 11.2. The van der Waals surface area contributed by atoms with E-state index in [1.165, 1.54) is 6.07 Å². The minimum absolute atomic E-state index is 0.113. The minimum atomic E-state index is -1.02. The van der Waals surface area contributed by atoms with Crippen molar-refractivity contribution < 1.29 is 14.6 Å². The molecule has 0 aliphatic carbocycles. The van der Waals surface area contributed by atoms with Gasteiger partial charge < -0.3 is 20.9 Å². The molecule has 5 nitrogen and oxygen atoms in total. The van der Waals surface area contributed by atoms with Crippen molar-refractivity contribution in [3.63, 3.8) is 0 Å². The summed E-state index contributed by atoms with van der Waals surface area (Å²) in [7, 11) is 0. The fourth-order valence-corrected chi connectivity index (χ4v) is 2.18. The standard InChI is InChI=1S/C13H18N2O3/c1-13(5-2-6-15-8-13)18-11-4-3-9(14)7-10(11)12(16)17/h3-4,7,15H,2,5-6,8,14H2,1H3,(H,16,17). The van der Waals surface area contributed by atoms with E-state index < -0.39 is 5.97 Å². The van der Waals surface area contributed by atoms with E-state index in [9.17, 15) is 4.79 Å². The van der Waals surface area contributed by atoms with Gasteiger partial charge in [-0.15, -0.1) is 0 Å². The molecule has 1 atom stereocenters. The van der Waals surface area contributed by atoms with Crippen LogP contribution < -0.4 is 15.8 Å². The normalized spacial score (nSPS) is 23.6. The maximum absolute atomic E-state index is 11.2. The molecule has 0 saturated carbocycles. The molecule has 1 saturated heterocycles. The number of piperidine rings is 1. The summed E-state index contributed by atoms with van der Waals surface area (Å²) in [5.41, 5.74) is 5.77. The Labute approximate surface area is 106 Å². The molecule has 0 bridgehead atoms. The molecular formula is C13H18N2O3. The zero-order chi connectivity index (χ0) is 13.2. The number of rotatable bonds is 3. The molecule has 98 valence electrons. The van der Waals surface area contributed by atoms with Gasteiger partial charge in [0.15, 0.2) is 0 Å². The lowest BCUT2D eigenvalue weighted by Crippen LogP contribution is -2.47. The van der Waals surface area contributed by atoms with Crippen LogP contribution in [0.3, 0.4) is 0 Å². The molecule has 1 aromatic carbocycles. The molecule has 2 rings (SSSR count). The molecule has 1 aromatic rings. The van der Waals surface area contributed by atoms with Crippen molar-refractivity contribution in [2.75, 3.05) is 18.8 Å². The predicted molar refractivity (Wildman–Crippen MR) is 69.0 cm³/mol. The van der Waals surface area contributed by atoms with Crippen LogP contribution in [0.2, 0.25) is 0 Å². The Bertz CT molecular complexity index is 454. The average Bonchev–Trinajstić information content (AvgIpc) is 2.32. The van der Waals surface area contributed by atoms with Crippen molar-refractivity contribution >= 4 is 11.7 Å². The topological polar surface area (TPSA) is 84.6 Å². The number of carboxylic acids is 1. The first-order valence-electron chi connectivity index (χ1n) is 6.03. The second-order valence-electron chi connectivity index (χ2n) is 4.89. The number of nitrogens with two attached hydrogens (primary N) is 1. The van der Waals surface area contributed by atoms with Crippen LogP contribution in [-0.2, 0) is 0 Å². The Morgan fingerprint density at radius 1 is 1.56 bits per heavy atom. The molecule has 1 fully saturated rings. The van der Waals surface area contributed by atoms with Gasteiger partial charge in [0.25, 0.3) is 0 Å². The van der Waals surface area contributed by atoms with E-state index >= 15 is 0 Å². The van der Waals surface area contributed by atoms with Crippen molar-refractivity contribution in [1.82, 2.24) is 5.32 Å². The number of ether oxygens (including phenoxy) is 1. The SMILES string of the molecule is CC1(Oc2ccc(N)cc2C(=O)O)CCCNC1. The summed E-state index contributed by atoms with van der Waals surface area (Å²) in [5.74, 6) is -0.646. The summed E-state index contributed by atoms with van der Waals surface area (Å²) in [6, 6.07) is 4.71. The molecule has 0 aromatic heterocycles. The number of benzene rings is 1. The highest BCUT2D eigenvalue weighted by molar-refractivity contribution is 5.92. The van der Waals surface area contributed by atoms with Gasteiger partial charge in [-0.2, -0.15) is 0 Å². The van der Waals surface area contributed by atoms with Crippen molar-refractivity contribution in [3.05, 3.63) is 23.8 Å². The van der Waals surface area contributed by atoms with Crippen molar-refractivity contribution in [2.24, 2.45) is 0 Å². The lowest BCUT2D eigenvalue weighted by Gasteiger charge is -2.35. The fraction of sp³-hybridized carbons (Fsp3) is 0.462. The largest absolute Gasteiger partial charge is 0.485 e. The van der Waals surface area contributed by atoms with Gasteiger partial charge in [-0.1, -0.05) is 0 Å². The number of nitrogen functional groups attached to an aromatic ring is 1. The molecule has 1 aliphatic heterocycles. The molecule has 1 unspecified atom stereocenters. The van der Waals surface area contributed by atoms with E-state index in [-0.39, 0.29) is 11.2 Å². The molecule has 0 amide bonds. The third kappa shape index (κ3) is 2.73. The Hall–Kier alpha value is -1.75. The molecule has 4 N–H and O–H groups in total. The van der Waals surface area contributed by atoms with Crippen LogP contribution in [0.15, 0.2) is 18.2 Å². The van der Waals surface area contributed by atoms with E-state index in [1.807, 2.05) is 6.92 Å². The quantitative estimate of drug-likeness (QED) is 0.708. The zero-order valence-electron chi connectivity index (χ0n) is 10.4. The van der Waals surface area contributed by atoms with Crippen LogP contribution in [0.5, 0.6) is 5.75 Å². The van der Waals surface area contributed by atoms with Crippen molar-refractivity contribution in [1.29, 1.82) is 0 Å². The first kappa shape index (κ1) is 12.7. The number of anilines is 1. The molecule has 1 heterocycles.